The standard InChI is InChI=1S/C26H18F2N2.2C10H8N2.Ru/c27-23-9-5-19(6-10-23)1-3-21-13-15-29-25(17-21)26-18-22(14-16-30-26)4-2-20-7-11-24(28)12-8-20;2*1-3-7-11-9(5-1)10-6-2-4-8-12-10;/h1-18H;2*1-8H;/b3-1+,4-2+;;;. The first-order chi connectivity index (χ1) is 26.6. The monoisotopic (exact) mass is 810 g/mol. The molecule has 0 aliphatic carbocycles. The molecule has 0 radical (unpaired) electrons. The SMILES string of the molecule is Fc1ccc(/C=C/c2ccnc(-c3cc(/C=C/c4ccc(F)cc4)ccn3)c2)cc1.[Ru].c1ccc(-c2ccccn2)nc1.c1ccc(-c2ccccn2)nc1. The van der Waals surface area contributed by atoms with Crippen molar-refractivity contribution in [1.29, 1.82) is 0 Å². The van der Waals surface area contributed by atoms with E-state index in [2.05, 4.69) is 29.9 Å². The van der Waals surface area contributed by atoms with Gasteiger partial charge in [0, 0.05) is 56.7 Å². The Labute approximate surface area is 331 Å². The fourth-order valence-electron chi connectivity index (χ4n) is 4.97. The van der Waals surface area contributed by atoms with E-state index < -0.39 is 0 Å². The van der Waals surface area contributed by atoms with Crippen molar-refractivity contribution in [2.45, 2.75) is 0 Å². The second-order valence-corrected chi connectivity index (χ2v) is 11.6. The van der Waals surface area contributed by atoms with Gasteiger partial charge in [0.15, 0.2) is 0 Å². The number of hydrogen-bond acceptors (Lipinski definition) is 6. The molecule has 8 rings (SSSR count). The Morgan fingerprint density at radius 3 is 0.873 bits per heavy atom. The molecule has 0 aliphatic heterocycles. The molecular formula is C46H34F2N6Ru. The van der Waals surface area contributed by atoms with Crippen LogP contribution in [0.1, 0.15) is 22.3 Å². The molecule has 270 valence electrons. The van der Waals surface area contributed by atoms with Gasteiger partial charge in [-0.05, 0) is 119 Å². The van der Waals surface area contributed by atoms with Crippen molar-refractivity contribution in [1.82, 2.24) is 29.9 Å². The quantitative estimate of drug-likeness (QED) is 0.149. The van der Waals surface area contributed by atoms with Crippen LogP contribution in [0.5, 0.6) is 0 Å². The Balaban J connectivity index is 0.000000189. The van der Waals surface area contributed by atoms with Crippen LogP contribution in [0.2, 0.25) is 0 Å². The molecule has 0 saturated carbocycles. The molecule has 6 heterocycles. The summed E-state index contributed by atoms with van der Waals surface area (Å²) in [5, 5.41) is 0. The molecule has 0 saturated heterocycles. The summed E-state index contributed by atoms with van der Waals surface area (Å²) in [4.78, 5) is 25.6. The average molecular weight is 810 g/mol. The molecule has 0 aliphatic rings. The van der Waals surface area contributed by atoms with Gasteiger partial charge in [-0.3, -0.25) is 29.9 Å². The molecule has 0 amide bonds. The Morgan fingerprint density at radius 1 is 0.291 bits per heavy atom. The summed E-state index contributed by atoms with van der Waals surface area (Å²) in [6.45, 7) is 0. The van der Waals surface area contributed by atoms with Gasteiger partial charge in [0.1, 0.15) is 11.6 Å². The van der Waals surface area contributed by atoms with E-state index in [4.69, 9.17) is 0 Å². The summed E-state index contributed by atoms with van der Waals surface area (Å²) in [5.74, 6) is -0.504. The van der Waals surface area contributed by atoms with Crippen molar-refractivity contribution < 1.29 is 28.3 Å². The number of nitrogens with zero attached hydrogens (tertiary/aromatic N) is 6. The topological polar surface area (TPSA) is 77.3 Å². The molecule has 0 fully saturated rings. The summed E-state index contributed by atoms with van der Waals surface area (Å²) in [6.07, 6.45) is 18.3. The van der Waals surface area contributed by atoms with Crippen molar-refractivity contribution in [2.24, 2.45) is 0 Å². The van der Waals surface area contributed by atoms with Crippen molar-refractivity contribution in [3.8, 4) is 34.2 Å². The van der Waals surface area contributed by atoms with E-state index in [1.807, 2.05) is 121 Å². The van der Waals surface area contributed by atoms with E-state index in [1.54, 1.807) is 61.4 Å². The molecule has 0 spiro atoms. The first-order valence-corrected chi connectivity index (χ1v) is 17.0. The van der Waals surface area contributed by atoms with Gasteiger partial charge >= 0.3 is 0 Å². The van der Waals surface area contributed by atoms with Gasteiger partial charge in [-0.25, -0.2) is 8.78 Å². The molecule has 8 aromatic rings. The summed E-state index contributed by atoms with van der Waals surface area (Å²) in [6, 6.07) is 43.6. The summed E-state index contributed by atoms with van der Waals surface area (Å²) in [7, 11) is 0. The zero-order chi connectivity index (χ0) is 37.2. The zero-order valence-corrected chi connectivity index (χ0v) is 31.2. The molecule has 0 unspecified atom stereocenters. The Kier molecular flexibility index (Phi) is 15.2. The Morgan fingerprint density at radius 2 is 0.582 bits per heavy atom. The van der Waals surface area contributed by atoms with Gasteiger partial charge in [-0.15, -0.1) is 0 Å². The van der Waals surface area contributed by atoms with Crippen LogP contribution in [0.3, 0.4) is 0 Å². The van der Waals surface area contributed by atoms with Crippen molar-refractivity contribution in [3.63, 3.8) is 0 Å². The molecule has 9 heteroatoms. The average Bonchev–Trinajstić information content (AvgIpc) is 3.25. The van der Waals surface area contributed by atoms with Crippen molar-refractivity contribution in [2.75, 3.05) is 0 Å². The maximum atomic E-state index is 13.0. The number of pyridine rings is 6. The van der Waals surface area contributed by atoms with E-state index in [0.29, 0.717) is 0 Å². The molecule has 0 bridgehead atoms. The van der Waals surface area contributed by atoms with Crippen molar-refractivity contribution in [3.05, 3.63) is 217 Å². The minimum atomic E-state index is -0.252. The smallest absolute Gasteiger partial charge is 0.123 e. The van der Waals surface area contributed by atoms with Crippen molar-refractivity contribution >= 4 is 24.3 Å². The number of rotatable bonds is 7. The van der Waals surface area contributed by atoms with E-state index >= 15 is 0 Å². The van der Waals surface area contributed by atoms with Crippen LogP contribution in [0, 0.1) is 11.6 Å². The number of hydrogen-bond donors (Lipinski definition) is 0. The minimum absolute atomic E-state index is 0. The minimum Gasteiger partial charge on any atom is -0.255 e. The molecule has 2 aromatic carbocycles. The van der Waals surface area contributed by atoms with Gasteiger partial charge in [-0.2, -0.15) is 0 Å². The number of aromatic nitrogens is 6. The molecule has 6 nitrogen and oxygen atoms in total. The van der Waals surface area contributed by atoms with Gasteiger partial charge in [0.25, 0.3) is 0 Å². The van der Waals surface area contributed by atoms with Crippen LogP contribution in [-0.2, 0) is 19.5 Å². The van der Waals surface area contributed by atoms with Crippen LogP contribution in [0.15, 0.2) is 183 Å². The summed E-state index contributed by atoms with van der Waals surface area (Å²) >= 11 is 0. The second kappa shape index (κ2) is 21.1. The molecule has 55 heavy (non-hydrogen) atoms. The first-order valence-electron chi connectivity index (χ1n) is 17.0. The van der Waals surface area contributed by atoms with Gasteiger partial charge in [0.2, 0.25) is 0 Å². The van der Waals surface area contributed by atoms with Crippen LogP contribution >= 0.6 is 0 Å². The molecular weight excluding hydrogens is 776 g/mol. The van der Waals surface area contributed by atoms with Gasteiger partial charge < -0.3 is 0 Å². The molecule has 6 aromatic heterocycles. The van der Waals surface area contributed by atoms with Gasteiger partial charge in [-0.1, -0.05) is 72.8 Å². The third-order valence-electron chi connectivity index (χ3n) is 7.69. The Hall–Kier alpha value is -6.70. The van der Waals surface area contributed by atoms with E-state index in [0.717, 1.165) is 56.4 Å². The predicted molar refractivity (Wildman–Crippen MR) is 213 cm³/mol. The maximum Gasteiger partial charge on any atom is 0.123 e. The van der Waals surface area contributed by atoms with Crippen LogP contribution < -0.4 is 0 Å². The van der Waals surface area contributed by atoms with Gasteiger partial charge in [0.05, 0.1) is 34.2 Å². The van der Waals surface area contributed by atoms with Crippen LogP contribution in [-0.4, -0.2) is 29.9 Å². The Bertz CT molecular complexity index is 2130. The normalized spacial score (nSPS) is 10.4. The molecule has 0 N–H and O–H groups in total. The zero-order valence-electron chi connectivity index (χ0n) is 29.4. The molecule has 0 atom stereocenters. The largest absolute Gasteiger partial charge is 0.255 e. The fourth-order valence-corrected chi connectivity index (χ4v) is 4.97. The maximum absolute atomic E-state index is 13.0. The number of halogens is 2. The second-order valence-electron chi connectivity index (χ2n) is 11.6. The predicted octanol–water partition coefficient (Wildman–Crippen LogP) is 11.0. The van der Waals surface area contributed by atoms with Crippen LogP contribution in [0.25, 0.3) is 58.5 Å². The van der Waals surface area contributed by atoms with Crippen LogP contribution in [0.4, 0.5) is 8.78 Å². The first kappa shape index (κ1) is 39.5. The summed E-state index contributed by atoms with van der Waals surface area (Å²) < 4.78 is 26.1. The fraction of sp³-hybridized carbons (Fsp3) is 0. The third kappa shape index (κ3) is 12.7. The van der Waals surface area contributed by atoms with E-state index in [1.165, 1.54) is 24.3 Å². The van der Waals surface area contributed by atoms with E-state index in [9.17, 15) is 8.78 Å². The number of benzene rings is 2. The summed E-state index contributed by atoms with van der Waals surface area (Å²) in [5.41, 5.74) is 8.95. The third-order valence-corrected chi connectivity index (χ3v) is 7.69. The van der Waals surface area contributed by atoms with E-state index in [-0.39, 0.29) is 31.1 Å².